The molecule has 7 heteroatoms. The Kier molecular flexibility index (Phi) is 5.58. The van der Waals surface area contributed by atoms with Crippen molar-refractivity contribution < 1.29 is 13.2 Å². The zero-order chi connectivity index (χ0) is 15.3. The van der Waals surface area contributed by atoms with Gasteiger partial charge in [-0.2, -0.15) is 17.4 Å². The highest BCUT2D eigenvalue weighted by atomic mass is 32.2. The SMILES string of the molecule is CCOc1ccc(C(C)NS(=O)(=O)N2CCNCC2)cc1. The van der Waals surface area contributed by atoms with Crippen LogP contribution in [0.15, 0.2) is 24.3 Å². The van der Waals surface area contributed by atoms with Crippen molar-refractivity contribution in [3.05, 3.63) is 29.8 Å². The fraction of sp³-hybridized carbons (Fsp3) is 0.571. The van der Waals surface area contributed by atoms with Crippen LogP contribution in [0.4, 0.5) is 0 Å². The van der Waals surface area contributed by atoms with Crippen molar-refractivity contribution in [3.63, 3.8) is 0 Å². The van der Waals surface area contributed by atoms with Crippen LogP contribution < -0.4 is 14.8 Å². The van der Waals surface area contributed by atoms with E-state index in [4.69, 9.17) is 4.74 Å². The molecule has 1 aliphatic heterocycles. The summed E-state index contributed by atoms with van der Waals surface area (Å²) in [5.74, 6) is 0.790. The molecule has 0 amide bonds. The Morgan fingerprint density at radius 1 is 1.29 bits per heavy atom. The molecule has 1 heterocycles. The summed E-state index contributed by atoms with van der Waals surface area (Å²) in [4.78, 5) is 0. The molecule has 0 aliphatic carbocycles. The Bertz CT molecular complexity index is 539. The Hall–Kier alpha value is -1.15. The third-order valence-electron chi connectivity index (χ3n) is 3.43. The molecule has 2 N–H and O–H groups in total. The van der Waals surface area contributed by atoms with E-state index in [0.717, 1.165) is 11.3 Å². The number of hydrogen-bond donors (Lipinski definition) is 2. The highest BCUT2D eigenvalue weighted by molar-refractivity contribution is 7.87. The summed E-state index contributed by atoms with van der Waals surface area (Å²) < 4.78 is 34.2. The second-order valence-corrected chi connectivity index (χ2v) is 6.70. The Balaban J connectivity index is 2.00. The standard InChI is InChI=1S/C14H23N3O3S/c1-3-20-14-6-4-13(5-7-14)12(2)16-21(18,19)17-10-8-15-9-11-17/h4-7,12,15-16H,3,8-11H2,1-2H3. The molecule has 0 aromatic heterocycles. The number of hydrogen-bond acceptors (Lipinski definition) is 4. The molecule has 1 fully saturated rings. The van der Waals surface area contributed by atoms with Gasteiger partial charge in [-0.3, -0.25) is 0 Å². The first-order chi connectivity index (χ1) is 10.0. The van der Waals surface area contributed by atoms with Gasteiger partial charge in [-0.05, 0) is 31.5 Å². The second kappa shape index (κ2) is 7.22. The summed E-state index contributed by atoms with van der Waals surface area (Å²) in [5, 5.41) is 3.14. The normalized spacial score (nSPS) is 18.4. The van der Waals surface area contributed by atoms with Gasteiger partial charge in [-0.1, -0.05) is 12.1 Å². The van der Waals surface area contributed by atoms with Crippen LogP contribution in [0.25, 0.3) is 0 Å². The van der Waals surface area contributed by atoms with Gasteiger partial charge in [0.1, 0.15) is 5.75 Å². The third-order valence-corrected chi connectivity index (χ3v) is 5.13. The molecule has 2 rings (SSSR count). The van der Waals surface area contributed by atoms with E-state index in [9.17, 15) is 8.42 Å². The van der Waals surface area contributed by atoms with Gasteiger partial charge in [-0.25, -0.2) is 0 Å². The number of rotatable bonds is 6. The van der Waals surface area contributed by atoms with Crippen LogP contribution in [-0.4, -0.2) is 45.5 Å². The van der Waals surface area contributed by atoms with Gasteiger partial charge in [0.2, 0.25) is 0 Å². The summed E-state index contributed by atoms with van der Waals surface area (Å²) in [6.45, 7) is 6.78. The minimum Gasteiger partial charge on any atom is -0.494 e. The van der Waals surface area contributed by atoms with Crippen LogP contribution in [0.5, 0.6) is 5.75 Å². The molecular weight excluding hydrogens is 290 g/mol. The zero-order valence-corrected chi connectivity index (χ0v) is 13.3. The summed E-state index contributed by atoms with van der Waals surface area (Å²) >= 11 is 0. The first-order valence-electron chi connectivity index (χ1n) is 7.24. The molecule has 1 atom stereocenters. The number of ether oxygens (including phenoxy) is 1. The highest BCUT2D eigenvalue weighted by Crippen LogP contribution is 2.19. The largest absolute Gasteiger partial charge is 0.494 e. The Morgan fingerprint density at radius 3 is 2.48 bits per heavy atom. The monoisotopic (exact) mass is 313 g/mol. The smallest absolute Gasteiger partial charge is 0.280 e. The molecule has 0 saturated carbocycles. The van der Waals surface area contributed by atoms with Crippen LogP contribution in [0, 0.1) is 0 Å². The maximum Gasteiger partial charge on any atom is 0.280 e. The predicted molar refractivity (Wildman–Crippen MR) is 82.5 cm³/mol. The molecule has 1 unspecified atom stereocenters. The first kappa shape index (κ1) is 16.2. The van der Waals surface area contributed by atoms with Crippen LogP contribution in [0.3, 0.4) is 0 Å². The lowest BCUT2D eigenvalue weighted by Gasteiger charge is -2.28. The molecule has 1 aromatic carbocycles. The van der Waals surface area contributed by atoms with E-state index in [1.165, 1.54) is 4.31 Å². The van der Waals surface area contributed by atoms with E-state index in [-0.39, 0.29) is 6.04 Å². The minimum atomic E-state index is -3.44. The van der Waals surface area contributed by atoms with Crippen molar-refractivity contribution in [2.45, 2.75) is 19.9 Å². The van der Waals surface area contributed by atoms with Crippen molar-refractivity contribution >= 4 is 10.2 Å². The average Bonchev–Trinajstić information content (AvgIpc) is 2.49. The lowest BCUT2D eigenvalue weighted by atomic mass is 10.1. The van der Waals surface area contributed by atoms with E-state index in [2.05, 4.69) is 10.0 Å². The van der Waals surface area contributed by atoms with Crippen LogP contribution in [0.2, 0.25) is 0 Å². The van der Waals surface area contributed by atoms with Gasteiger partial charge in [0, 0.05) is 32.2 Å². The molecule has 1 aromatic rings. The number of benzene rings is 1. The number of nitrogens with one attached hydrogen (secondary N) is 2. The second-order valence-electron chi connectivity index (χ2n) is 5.00. The topological polar surface area (TPSA) is 70.7 Å². The van der Waals surface area contributed by atoms with Gasteiger partial charge >= 0.3 is 0 Å². The lowest BCUT2D eigenvalue weighted by Crippen LogP contribution is -2.50. The zero-order valence-electron chi connectivity index (χ0n) is 12.5. The van der Waals surface area contributed by atoms with Gasteiger partial charge in [-0.15, -0.1) is 0 Å². The average molecular weight is 313 g/mol. The van der Waals surface area contributed by atoms with Gasteiger partial charge < -0.3 is 10.1 Å². The fourth-order valence-electron chi connectivity index (χ4n) is 2.27. The maximum atomic E-state index is 12.3. The molecule has 0 radical (unpaired) electrons. The highest BCUT2D eigenvalue weighted by Gasteiger charge is 2.25. The lowest BCUT2D eigenvalue weighted by molar-refractivity contribution is 0.340. The van der Waals surface area contributed by atoms with Crippen molar-refractivity contribution in [2.24, 2.45) is 0 Å². The number of piperazine rings is 1. The summed E-state index contributed by atoms with van der Waals surface area (Å²) in [5.41, 5.74) is 0.914. The van der Waals surface area contributed by atoms with Crippen LogP contribution in [0.1, 0.15) is 25.5 Å². The molecule has 0 spiro atoms. The quantitative estimate of drug-likeness (QED) is 0.818. The van der Waals surface area contributed by atoms with Crippen molar-refractivity contribution in [1.29, 1.82) is 0 Å². The molecule has 0 bridgehead atoms. The van der Waals surface area contributed by atoms with E-state index < -0.39 is 10.2 Å². The predicted octanol–water partition coefficient (Wildman–Crippen LogP) is 0.886. The molecule has 1 aliphatic rings. The summed E-state index contributed by atoms with van der Waals surface area (Å²) in [7, 11) is -3.44. The van der Waals surface area contributed by atoms with Crippen molar-refractivity contribution in [2.75, 3.05) is 32.8 Å². The van der Waals surface area contributed by atoms with Crippen LogP contribution >= 0.6 is 0 Å². The Labute approximate surface area is 126 Å². The maximum absolute atomic E-state index is 12.3. The van der Waals surface area contributed by atoms with Gasteiger partial charge in [0.25, 0.3) is 10.2 Å². The van der Waals surface area contributed by atoms with E-state index >= 15 is 0 Å². The van der Waals surface area contributed by atoms with Gasteiger partial charge in [0.05, 0.1) is 6.61 Å². The first-order valence-corrected chi connectivity index (χ1v) is 8.68. The molecule has 6 nitrogen and oxygen atoms in total. The Morgan fingerprint density at radius 2 is 1.90 bits per heavy atom. The van der Waals surface area contributed by atoms with Crippen molar-refractivity contribution in [1.82, 2.24) is 14.3 Å². The van der Waals surface area contributed by atoms with E-state index in [0.29, 0.717) is 32.8 Å². The van der Waals surface area contributed by atoms with Crippen LogP contribution in [-0.2, 0) is 10.2 Å². The van der Waals surface area contributed by atoms with E-state index in [1.807, 2.05) is 38.1 Å². The molecular formula is C14H23N3O3S. The fourth-order valence-corrected chi connectivity index (χ4v) is 3.67. The number of nitrogens with zero attached hydrogens (tertiary/aromatic N) is 1. The third kappa shape index (κ3) is 4.41. The minimum absolute atomic E-state index is 0.277. The summed E-state index contributed by atoms with van der Waals surface area (Å²) in [6, 6.07) is 7.20. The van der Waals surface area contributed by atoms with Gasteiger partial charge in [0.15, 0.2) is 0 Å². The van der Waals surface area contributed by atoms with E-state index in [1.54, 1.807) is 0 Å². The molecule has 118 valence electrons. The summed E-state index contributed by atoms with van der Waals surface area (Å²) in [6.07, 6.45) is 0. The molecule has 1 saturated heterocycles. The van der Waals surface area contributed by atoms with Crippen molar-refractivity contribution in [3.8, 4) is 5.75 Å². The molecule has 21 heavy (non-hydrogen) atoms.